The summed E-state index contributed by atoms with van der Waals surface area (Å²) in [5, 5.41) is 17.5. The Morgan fingerprint density at radius 1 is 1.47 bits per heavy atom. The lowest BCUT2D eigenvalue weighted by Gasteiger charge is -2.05. The van der Waals surface area contributed by atoms with E-state index in [1.54, 1.807) is 12.1 Å². The molecule has 0 saturated carbocycles. The summed E-state index contributed by atoms with van der Waals surface area (Å²) < 4.78 is 10.3. The molecule has 0 bridgehead atoms. The topological polar surface area (TPSA) is 96.4 Å². The van der Waals surface area contributed by atoms with Crippen molar-refractivity contribution in [3.05, 3.63) is 57.9 Å². The first-order valence-corrected chi connectivity index (χ1v) is 5.43. The van der Waals surface area contributed by atoms with Crippen molar-refractivity contribution in [2.45, 2.75) is 13.2 Å². The van der Waals surface area contributed by atoms with Gasteiger partial charge in [-0.3, -0.25) is 4.79 Å². The van der Waals surface area contributed by atoms with Crippen LogP contribution < -0.4 is 10.2 Å². The molecule has 0 aliphatic rings. The molecule has 0 spiro atoms. The van der Waals surface area contributed by atoms with Gasteiger partial charge in [-0.1, -0.05) is 0 Å². The zero-order chi connectivity index (χ0) is 13.7. The number of ether oxygens (including phenoxy) is 1. The smallest absolute Gasteiger partial charge is 0.227 e. The molecule has 0 aromatic carbocycles. The van der Waals surface area contributed by atoms with Crippen molar-refractivity contribution in [3.63, 3.8) is 0 Å². The van der Waals surface area contributed by atoms with Crippen LogP contribution in [0, 0.1) is 11.3 Å². The van der Waals surface area contributed by atoms with E-state index in [4.69, 9.17) is 19.5 Å². The fraction of sp³-hybridized carbons (Fsp3) is 0.154. The minimum absolute atomic E-state index is 0.0486. The van der Waals surface area contributed by atoms with E-state index in [1.165, 1.54) is 12.3 Å². The average Bonchev–Trinajstić information content (AvgIpc) is 2.46. The van der Waals surface area contributed by atoms with Gasteiger partial charge in [0.25, 0.3) is 0 Å². The molecule has 0 aliphatic heterocycles. The van der Waals surface area contributed by atoms with E-state index >= 15 is 0 Å². The van der Waals surface area contributed by atoms with Crippen LogP contribution in [0.25, 0.3) is 0 Å². The van der Waals surface area contributed by atoms with Gasteiger partial charge in [0.2, 0.25) is 11.2 Å². The molecule has 19 heavy (non-hydrogen) atoms. The third kappa shape index (κ3) is 3.18. The van der Waals surface area contributed by atoms with E-state index in [9.17, 15) is 4.79 Å². The van der Waals surface area contributed by atoms with Gasteiger partial charge in [-0.05, 0) is 17.7 Å². The zero-order valence-electron chi connectivity index (χ0n) is 9.87. The quantitative estimate of drug-likeness (QED) is 0.878. The Hall–Kier alpha value is -2.65. The Bertz CT molecular complexity index is 673. The maximum Gasteiger partial charge on any atom is 0.227 e. The van der Waals surface area contributed by atoms with Gasteiger partial charge in [0.1, 0.15) is 37.0 Å². The Morgan fingerprint density at radius 2 is 2.32 bits per heavy atom. The fourth-order valence-electron chi connectivity index (χ4n) is 1.41. The number of aliphatic hydroxyl groups is 1. The van der Waals surface area contributed by atoms with Crippen molar-refractivity contribution >= 4 is 0 Å². The number of aromatic nitrogens is 1. The molecule has 6 nitrogen and oxygen atoms in total. The molecule has 0 radical (unpaired) electrons. The minimum atomic E-state index is -0.370. The second kappa shape index (κ2) is 5.80. The molecule has 0 amide bonds. The summed E-state index contributed by atoms with van der Waals surface area (Å²) in [7, 11) is 0. The summed E-state index contributed by atoms with van der Waals surface area (Å²) in [5.41, 5.74) is 0.630. The number of pyridine rings is 1. The summed E-state index contributed by atoms with van der Waals surface area (Å²) in [6, 6.07) is 6.34. The number of hydrogen-bond acceptors (Lipinski definition) is 6. The van der Waals surface area contributed by atoms with Crippen molar-refractivity contribution in [2.75, 3.05) is 0 Å². The number of nitriles is 1. The number of nitrogens with zero attached hydrogens (tertiary/aromatic N) is 2. The highest BCUT2D eigenvalue weighted by atomic mass is 16.5. The number of aliphatic hydroxyl groups excluding tert-OH is 1. The standard InChI is InChI=1S/C13H10N2O4/c14-5-10-3-9(1-2-15-10)7-19-13-8-18-11(6-16)4-12(13)17/h1-4,8,16H,6-7H2. The second-order valence-corrected chi connectivity index (χ2v) is 3.68. The second-order valence-electron chi connectivity index (χ2n) is 3.68. The predicted molar refractivity (Wildman–Crippen MR) is 64.2 cm³/mol. The van der Waals surface area contributed by atoms with Gasteiger partial charge in [-0.15, -0.1) is 0 Å². The molecule has 1 N–H and O–H groups in total. The van der Waals surface area contributed by atoms with Crippen LogP contribution in [-0.2, 0) is 13.2 Å². The van der Waals surface area contributed by atoms with E-state index in [0.29, 0.717) is 0 Å². The molecule has 96 valence electrons. The van der Waals surface area contributed by atoms with Crippen LogP contribution in [-0.4, -0.2) is 10.1 Å². The third-order valence-corrected chi connectivity index (χ3v) is 2.34. The summed E-state index contributed by atoms with van der Waals surface area (Å²) in [6.07, 6.45) is 2.65. The molecule has 0 aliphatic carbocycles. The van der Waals surface area contributed by atoms with Crippen LogP contribution in [0.3, 0.4) is 0 Å². The molecule has 2 heterocycles. The van der Waals surface area contributed by atoms with Crippen molar-refractivity contribution in [2.24, 2.45) is 0 Å². The highest BCUT2D eigenvalue weighted by Gasteiger charge is 2.05. The Kier molecular flexibility index (Phi) is 3.90. The Morgan fingerprint density at radius 3 is 3.00 bits per heavy atom. The van der Waals surface area contributed by atoms with Crippen LogP contribution in [0.15, 0.2) is 39.9 Å². The van der Waals surface area contributed by atoms with Crippen LogP contribution in [0.1, 0.15) is 17.0 Å². The van der Waals surface area contributed by atoms with Crippen LogP contribution in [0.4, 0.5) is 0 Å². The monoisotopic (exact) mass is 258 g/mol. The Balaban J connectivity index is 2.10. The van der Waals surface area contributed by atoms with E-state index < -0.39 is 0 Å². The molecule has 2 rings (SSSR count). The van der Waals surface area contributed by atoms with Crippen LogP contribution in [0.5, 0.6) is 5.75 Å². The van der Waals surface area contributed by atoms with E-state index in [0.717, 1.165) is 11.8 Å². The highest BCUT2D eigenvalue weighted by Crippen LogP contribution is 2.09. The average molecular weight is 258 g/mol. The molecule has 0 fully saturated rings. The van der Waals surface area contributed by atoms with Gasteiger partial charge in [-0.25, -0.2) is 4.98 Å². The summed E-state index contributed by atoms with van der Waals surface area (Å²) in [5.74, 6) is 0.223. The van der Waals surface area contributed by atoms with Crippen molar-refractivity contribution in [1.29, 1.82) is 5.26 Å². The fourth-order valence-corrected chi connectivity index (χ4v) is 1.41. The molecule has 2 aromatic rings. The van der Waals surface area contributed by atoms with E-state index in [1.807, 2.05) is 6.07 Å². The van der Waals surface area contributed by atoms with Gasteiger partial charge in [0.15, 0.2) is 0 Å². The van der Waals surface area contributed by atoms with Gasteiger partial charge in [-0.2, -0.15) is 5.26 Å². The minimum Gasteiger partial charge on any atom is -0.482 e. The summed E-state index contributed by atoms with van der Waals surface area (Å²) in [6.45, 7) is -0.216. The molecule has 0 saturated heterocycles. The lowest BCUT2D eigenvalue weighted by Crippen LogP contribution is -2.08. The van der Waals surface area contributed by atoms with E-state index in [-0.39, 0.29) is 35.8 Å². The first kappa shape index (κ1) is 12.8. The SMILES string of the molecule is N#Cc1cc(COc2coc(CO)cc2=O)ccn1. The predicted octanol–water partition coefficient (Wildman–Crippen LogP) is 0.978. The van der Waals surface area contributed by atoms with Gasteiger partial charge >= 0.3 is 0 Å². The molecule has 0 unspecified atom stereocenters. The van der Waals surface area contributed by atoms with Gasteiger partial charge < -0.3 is 14.3 Å². The zero-order valence-corrected chi connectivity index (χ0v) is 9.87. The maximum absolute atomic E-state index is 11.6. The lowest BCUT2D eigenvalue weighted by atomic mass is 10.2. The molecular formula is C13H10N2O4. The Labute approximate surface area is 108 Å². The third-order valence-electron chi connectivity index (χ3n) is 2.34. The number of hydrogen-bond donors (Lipinski definition) is 1. The normalized spacial score (nSPS) is 9.89. The van der Waals surface area contributed by atoms with Crippen LogP contribution in [0.2, 0.25) is 0 Å². The number of rotatable bonds is 4. The molecule has 6 heteroatoms. The summed E-state index contributed by atoms with van der Waals surface area (Å²) >= 11 is 0. The summed E-state index contributed by atoms with van der Waals surface area (Å²) in [4.78, 5) is 15.4. The maximum atomic E-state index is 11.6. The first-order chi connectivity index (χ1) is 9.22. The van der Waals surface area contributed by atoms with E-state index in [2.05, 4.69) is 4.98 Å². The largest absolute Gasteiger partial charge is 0.482 e. The first-order valence-electron chi connectivity index (χ1n) is 5.43. The van der Waals surface area contributed by atoms with Crippen molar-refractivity contribution in [3.8, 4) is 11.8 Å². The van der Waals surface area contributed by atoms with Gasteiger partial charge in [0.05, 0.1) is 0 Å². The highest BCUT2D eigenvalue weighted by molar-refractivity contribution is 5.25. The molecular weight excluding hydrogens is 248 g/mol. The van der Waals surface area contributed by atoms with Crippen molar-refractivity contribution < 1.29 is 14.3 Å². The van der Waals surface area contributed by atoms with Crippen molar-refractivity contribution in [1.82, 2.24) is 4.98 Å². The van der Waals surface area contributed by atoms with Gasteiger partial charge in [0, 0.05) is 12.3 Å². The van der Waals surface area contributed by atoms with Crippen LogP contribution >= 0.6 is 0 Å². The lowest BCUT2D eigenvalue weighted by molar-refractivity contribution is 0.236. The molecule has 0 atom stereocenters. The molecule has 2 aromatic heterocycles.